The number of fused-ring (bicyclic) bond motifs is 1. The van der Waals surface area contributed by atoms with Gasteiger partial charge in [0.1, 0.15) is 11.8 Å². The van der Waals surface area contributed by atoms with E-state index < -0.39 is 11.9 Å². The Morgan fingerprint density at radius 1 is 1.26 bits per heavy atom. The molecule has 0 aliphatic rings. The monoisotopic (exact) mass is 542 g/mol. The predicted molar refractivity (Wildman–Crippen MR) is 145 cm³/mol. The molecule has 0 radical (unpaired) electrons. The fourth-order valence-electron chi connectivity index (χ4n) is 4.11. The highest BCUT2D eigenvalue weighted by Gasteiger charge is 2.23. The van der Waals surface area contributed by atoms with Gasteiger partial charge in [0.25, 0.3) is 12.4 Å². The van der Waals surface area contributed by atoms with Gasteiger partial charge in [0, 0.05) is 38.7 Å². The quantitative estimate of drug-likeness (QED) is 0.262. The van der Waals surface area contributed by atoms with E-state index in [1.807, 2.05) is 42.6 Å². The third-order valence-corrected chi connectivity index (χ3v) is 6.24. The van der Waals surface area contributed by atoms with E-state index in [9.17, 15) is 14.0 Å². The number of aromatic nitrogens is 4. The molecule has 1 N–H and O–H groups in total. The molecule has 0 bridgehead atoms. The number of anilines is 1. The minimum atomic E-state index is -0.847. The number of pyridine rings is 1. The van der Waals surface area contributed by atoms with Crippen LogP contribution in [0.25, 0.3) is 5.65 Å². The van der Waals surface area contributed by atoms with Gasteiger partial charge in [0.15, 0.2) is 5.82 Å². The molecule has 0 saturated carbocycles. The standard InChI is InChI=1S/C25H26ClFN6O3.C2H6/c1-28-20-9-8-19(26)24(27)23(20)21(36-16-34)6-5-10-31(2)25(35)17-12-30-32(14-17)15-18-13-29-22-7-3-4-11-33(18)22;1-2/h3-4,7-9,11-14,16,21,28H,5-6,10,15H2,1-2H3;1-2H3. The third-order valence-electron chi connectivity index (χ3n) is 5.95. The van der Waals surface area contributed by atoms with E-state index in [4.69, 9.17) is 16.3 Å². The second-order valence-electron chi connectivity index (χ2n) is 8.27. The van der Waals surface area contributed by atoms with Crippen molar-refractivity contribution >= 4 is 35.3 Å². The number of nitrogens with one attached hydrogen (secondary N) is 1. The van der Waals surface area contributed by atoms with Crippen LogP contribution in [0.4, 0.5) is 10.1 Å². The first-order valence-corrected chi connectivity index (χ1v) is 12.7. The zero-order valence-electron chi connectivity index (χ0n) is 21.9. The molecule has 1 unspecified atom stereocenters. The molecule has 0 aliphatic carbocycles. The van der Waals surface area contributed by atoms with Crippen molar-refractivity contribution in [1.29, 1.82) is 0 Å². The molecule has 1 atom stereocenters. The molecule has 4 aromatic rings. The van der Waals surface area contributed by atoms with Gasteiger partial charge >= 0.3 is 0 Å². The summed E-state index contributed by atoms with van der Waals surface area (Å²) in [6.45, 7) is 5.12. The number of rotatable bonds is 11. The van der Waals surface area contributed by atoms with Gasteiger partial charge in [-0.15, -0.1) is 0 Å². The van der Waals surface area contributed by atoms with Crippen molar-refractivity contribution in [3.63, 3.8) is 0 Å². The molecule has 0 saturated heterocycles. The maximum atomic E-state index is 14.7. The van der Waals surface area contributed by atoms with Gasteiger partial charge in [-0.25, -0.2) is 9.37 Å². The van der Waals surface area contributed by atoms with Crippen LogP contribution in [0.2, 0.25) is 5.02 Å². The van der Waals surface area contributed by atoms with E-state index in [-0.39, 0.29) is 23.0 Å². The second-order valence-corrected chi connectivity index (χ2v) is 8.67. The Labute approximate surface area is 226 Å². The molecule has 4 rings (SSSR count). The van der Waals surface area contributed by atoms with Crippen LogP contribution in [0.15, 0.2) is 55.1 Å². The molecule has 3 aromatic heterocycles. The minimum Gasteiger partial charge on any atom is -0.460 e. The molecule has 0 fully saturated rings. The topological polar surface area (TPSA) is 93.8 Å². The van der Waals surface area contributed by atoms with Crippen molar-refractivity contribution in [2.75, 3.05) is 26.0 Å². The molecular formula is C27H32ClFN6O3. The maximum absolute atomic E-state index is 14.7. The van der Waals surface area contributed by atoms with E-state index in [2.05, 4.69) is 15.4 Å². The first kappa shape index (κ1) is 28.6. The van der Waals surface area contributed by atoms with Gasteiger partial charge < -0.3 is 19.4 Å². The Morgan fingerprint density at radius 3 is 2.79 bits per heavy atom. The average Bonchev–Trinajstić information content (AvgIpc) is 3.58. The van der Waals surface area contributed by atoms with E-state index in [0.717, 1.165) is 11.3 Å². The molecule has 38 heavy (non-hydrogen) atoms. The first-order chi connectivity index (χ1) is 18.4. The Balaban J connectivity index is 0.00000195. The summed E-state index contributed by atoms with van der Waals surface area (Å²) in [4.78, 5) is 29.9. The lowest BCUT2D eigenvalue weighted by Crippen LogP contribution is -2.28. The number of ether oxygens (including phenoxy) is 1. The molecule has 0 spiro atoms. The van der Waals surface area contributed by atoms with Crippen LogP contribution >= 0.6 is 11.6 Å². The summed E-state index contributed by atoms with van der Waals surface area (Å²) in [5, 5.41) is 7.16. The van der Waals surface area contributed by atoms with Gasteiger partial charge in [-0.1, -0.05) is 31.5 Å². The van der Waals surface area contributed by atoms with Crippen LogP contribution in [0.1, 0.15) is 54.4 Å². The zero-order valence-corrected chi connectivity index (χ0v) is 22.7. The van der Waals surface area contributed by atoms with Crippen molar-refractivity contribution in [2.24, 2.45) is 0 Å². The summed E-state index contributed by atoms with van der Waals surface area (Å²) in [6, 6.07) is 8.83. The number of carbonyl (C=O) groups excluding carboxylic acids is 2. The van der Waals surface area contributed by atoms with E-state index in [1.165, 1.54) is 12.3 Å². The lowest BCUT2D eigenvalue weighted by molar-refractivity contribution is -0.134. The smallest absolute Gasteiger partial charge is 0.293 e. The van der Waals surface area contributed by atoms with Gasteiger partial charge in [0.2, 0.25) is 0 Å². The van der Waals surface area contributed by atoms with Crippen LogP contribution in [-0.4, -0.2) is 57.1 Å². The van der Waals surface area contributed by atoms with Crippen molar-refractivity contribution in [3.05, 3.63) is 82.8 Å². The normalized spacial score (nSPS) is 11.4. The number of carbonyl (C=O) groups is 2. The molecule has 9 nitrogen and oxygen atoms in total. The maximum Gasteiger partial charge on any atom is 0.293 e. The molecular weight excluding hydrogens is 511 g/mol. The minimum absolute atomic E-state index is 0.0586. The van der Waals surface area contributed by atoms with Crippen LogP contribution in [0.3, 0.4) is 0 Å². The van der Waals surface area contributed by atoms with Crippen molar-refractivity contribution < 1.29 is 18.7 Å². The number of halogens is 2. The molecule has 1 aromatic carbocycles. The third kappa shape index (κ3) is 6.49. The Hall–Kier alpha value is -3.92. The van der Waals surface area contributed by atoms with Crippen molar-refractivity contribution in [1.82, 2.24) is 24.1 Å². The summed E-state index contributed by atoms with van der Waals surface area (Å²) in [5.74, 6) is -0.838. The zero-order chi connectivity index (χ0) is 27.7. The van der Waals surface area contributed by atoms with E-state index in [1.54, 1.807) is 42.1 Å². The van der Waals surface area contributed by atoms with E-state index >= 15 is 0 Å². The van der Waals surface area contributed by atoms with Crippen LogP contribution < -0.4 is 5.32 Å². The fourth-order valence-corrected chi connectivity index (χ4v) is 4.28. The molecule has 0 aliphatic heterocycles. The first-order valence-electron chi connectivity index (χ1n) is 12.4. The summed E-state index contributed by atoms with van der Waals surface area (Å²) in [6.07, 6.45) is 6.85. The molecule has 3 heterocycles. The van der Waals surface area contributed by atoms with Gasteiger partial charge in [-0.3, -0.25) is 14.3 Å². The summed E-state index contributed by atoms with van der Waals surface area (Å²) in [7, 11) is 3.32. The highest BCUT2D eigenvalue weighted by molar-refractivity contribution is 6.30. The van der Waals surface area contributed by atoms with Crippen LogP contribution in [0, 0.1) is 5.82 Å². The number of hydrogen-bond acceptors (Lipinski definition) is 6. The van der Waals surface area contributed by atoms with Gasteiger partial charge in [0.05, 0.1) is 40.8 Å². The summed E-state index contributed by atoms with van der Waals surface area (Å²) >= 11 is 5.94. The average molecular weight is 543 g/mol. The van der Waals surface area contributed by atoms with E-state index in [0.29, 0.717) is 37.2 Å². The Kier molecular flexibility index (Phi) is 10.2. The highest BCUT2D eigenvalue weighted by atomic mass is 35.5. The number of amides is 1. The second kappa shape index (κ2) is 13.6. The molecule has 11 heteroatoms. The number of hydrogen-bond donors (Lipinski definition) is 1. The SMILES string of the molecule is CC.CNc1ccc(Cl)c(F)c1C(CCCN(C)C(=O)c1cnn(Cc2cnc3ccccn23)c1)OC=O. The largest absolute Gasteiger partial charge is 0.460 e. The predicted octanol–water partition coefficient (Wildman–Crippen LogP) is 5.21. The summed E-state index contributed by atoms with van der Waals surface area (Å²) in [5.41, 5.74) is 2.89. The van der Waals surface area contributed by atoms with Crippen molar-refractivity contribution in [3.8, 4) is 0 Å². The fraction of sp³-hybridized carbons (Fsp3) is 0.333. The number of imidazole rings is 1. The number of nitrogens with zero attached hydrogens (tertiary/aromatic N) is 5. The van der Waals surface area contributed by atoms with Crippen molar-refractivity contribution in [2.45, 2.75) is 39.3 Å². The Bertz CT molecular complexity index is 1370. The molecule has 1 amide bonds. The van der Waals surface area contributed by atoms with Crippen LogP contribution in [0.5, 0.6) is 0 Å². The highest BCUT2D eigenvalue weighted by Crippen LogP contribution is 2.34. The lowest BCUT2D eigenvalue weighted by Gasteiger charge is -2.22. The van der Waals surface area contributed by atoms with Gasteiger partial charge in [-0.2, -0.15) is 5.10 Å². The lowest BCUT2D eigenvalue weighted by atomic mass is 10.0. The molecule has 202 valence electrons. The number of benzene rings is 1. The van der Waals surface area contributed by atoms with Crippen LogP contribution in [-0.2, 0) is 16.1 Å². The Morgan fingerprint density at radius 2 is 2.05 bits per heavy atom. The summed E-state index contributed by atoms with van der Waals surface area (Å²) < 4.78 is 23.6. The van der Waals surface area contributed by atoms with Gasteiger partial charge in [-0.05, 0) is 37.1 Å².